The highest BCUT2D eigenvalue weighted by Crippen LogP contribution is 2.01. The number of urea groups is 1. The smallest absolute Gasteiger partial charge is 0.326 e. The van der Waals surface area contributed by atoms with Gasteiger partial charge in [-0.2, -0.15) is 0 Å². The number of nitrogens with one attached hydrogen (secondary N) is 3. The molecule has 1 rings (SSSR count). The zero-order valence-corrected chi connectivity index (χ0v) is 9.45. The van der Waals surface area contributed by atoms with Gasteiger partial charge in [0, 0.05) is 6.04 Å². The van der Waals surface area contributed by atoms with Gasteiger partial charge in [0.15, 0.2) is 0 Å². The molecule has 1 atom stereocenters. The summed E-state index contributed by atoms with van der Waals surface area (Å²) in [5, 5.41) is 17.2. The van der Waals surface area contributed by atoms with Gasteiger partial charge >= 0.3 is 12.0 Å². The summed E-state index contributed by atoms with van der Waals surface area (Å²) in [5.41, 5.74) is 0. The van der Waals surface area contributed by atoms with Gasteiger partial charge in [-0.25, -0.2) is 9.59 Å². The monoisotopic (exact) mass is 229 g/mol. The molecular formula is C10H19N3O3. The Morgan fingerprint density at radius 1 is 1.44 bits per heavy atom. The summed E-state index contributed by atoms with van der Waals surface area (Å²) in [6.45, 7) is 3.51. The fourth-order valence-corrected chi connectivity index (χ4v) is 1.69. The minimum absolute atomic E-state index is 0.146. The highest BCUT2D eigenvalue weighted by molar-refractivity contribution is 5.82. The van der Waals surface area contributed by atoms with Crippen LogP contribution < -0.4 is 16.0 Å². The fourth-order valence-electron chi connectivity index (χ4n) is 1.69. The molecule has 0 unspecified atom stereocenters. The maximum absolute atomic E-state index is 11.5. The quantitative estimate of drug-likeness (QED) is 0.542. The van der Waals surface area contributed by atoms with Crippen LogP contribution in [0, 0.1) is 0 Å². The van der Waals surface area contributed by atoms with Crippen LogP contribution in [0.1, 0.15) is 26.2 Å². The summed E-state index contributed by atoms with van der Waals surface area (Å²) in [4.78, 5) is 22.2. The summed E-state index contributed by atoms with van der Waals surface area (Å²) in [6.07, 6.45) is 2.16. The second kappa shape index (κ2) is 6.32. The lowest BCUT2D eigenvalue weighted by Gasteiger charge is -2.24. The van der Waals surface area contributed by atoms with Crippen molar-refractivity contribution in [2.24, 2.45) is 0 Å². The fraction of sp³-hybridized carbons (Fsp3) is 0.800. The molecule has 4 N–H and O–H groups in total. The summed E-state index contributed by atoms with van der Waals surface area (Å²) >= 11 is 0. The summed E-state index contributed by atoms with van der Waals surface area (Å²) in [5.74, 6) is -0.997. The van der Waals surface area contributed by atoms with Gasteiger partial charge in [0.2, 0.25) is 0 Å². The van der Waals surface area contributed by atoms with Crippen molar-refractivity contribution in [3.63, 3.8) is 0 Å². The third kappa shape index (κ3) is 4.06. The molecule has 0 bridgehead atoms. The van der Waals surface area contributed by atoms with E-state index in [2.05, 4.69) is 16.0 Å². The number of carbonyl (C=O) groups is 2. The molecule has 0 aromatic rings. The first-order valence-electron chi connectivity index (χ1n) is 5.64. The number of carboxylic acids is 1. The van der Waals surface area contributed by atoms with Crippen LogP contribution >= 0.6 is 0 Å². The Bertz CT molecular complexity index is 252. The average molecular weight is 229 g/mol. The highest BCUT2D eigenvalue weighted by Gasteiger charge is 2.20. The Morgan fingerprint density at radius 2 is 2.06 bits per heavy atom. The molecule has 1 aliphatic rings. The van der Waals surface area contributed by atoms with Gasteiger partial charge in [-0.15, -0.1) is 0 Å². The maximum Gasteiger partial charge on any atom is 0.326 e. The van der Waals surface area contributed by atoms with E-state index in [4.69, 9.17) is 5.11 Å². The first kappa shape index (κ1) is 12.8. The summed E-state index contributed by atoms with van der Waals surface area (Å²) in [7, 11) is 0. The lowest BCUT2D eigenvalue weighted by atomic mass is 10.1. The first-order valence-corrected chi connectivity index (χ1v) is 5.64. The van der Waals surface area contributed by atoms with Crippen LogP contribution in [0.25, 0.3) is 0 Å². The number of rotatable bonds is 4. The molecule has 0 aromatic carbocycles. The largest absolute Gasteiger partial charge is 0.480 e. The van der Waals surface area contributed by atoms with Crippen molar-refractivity contribution in [2.45, 2.75) is 38.3 Å². The Kier molecular flexibility index (Phi) is 5.04. The van der Waals surface area contributed by atoms with Crippen LogP contribution in [0.3, 0.4) is 0 Å². The molecule has 1 fully saturated rings. The van der Waals surface area contributed by atoms with E-state index in [1.165, 1.54) is 0 Å². The summed E-state index contributed by atoms with van der Waals surface area (Å²) in [6, 6.07) is -1.05. The number of hydrogen-bond acceptors (Lipinski definition) is 3. The zero-order chi connectivity index (χ0) is 12.0. The number of amides is 2. The number of carbonyl (C=O) groups excluding carboxylic acids is 1. The van der Waals surface area contributed by atoms with Crippen LogP contribution in [0.15, 0.2) is 0 Å². The van der Waals surface area contributed by atoms with Gasteiger partial charge in [0.25, 0.3) is 0 Å². The lowest BCUT2D eigenvalue weighted by Crippen LogP contribution is -2.51. The van der Waals surface area contributed by atoms with Gasteiger partial charge < -0.3 is 21.1 Å². The van der Waals surface area contributed by atoms with Gasteiger partial charge in [0.1, 0.15) is 6.04 Å². The van der Waals surface area contributed by atoms with Crippen LogP contribution in [-0.4, -0.2) is 42.3 Å². The number of piperidine rings is 1. The average Bonchev–Trinajstić information content (AvgIpc) is 2.27. The minimum Gasteiger partial charge on any atom is -0.480 e. The molecule has 0 aromatic heterocycles. The van der Waals surface area contributed by atoms with Gasteiger partial charge in [0.05, 0.1) is 0 Å². The topological polar surface area (TPSA) is 90.5 Å². The van der Waals surface area contributed by atoms with E-state index >= 15 is 0 Å². The van der Waals surface area contributed by atoms with Gasteiger partial charge in [-0.05, 0) is 32.4 Å². The Morgan fingerprint density at radius 3 is 2.56 bits per heavy atom. The van der Waals surface area contributed by atoms with Gasteiger partial charge in [-0.3, -0.25) is 0 Å². The third-order valence-electron chi connectivity index (χ3n) is 2.69. The van der Waals surface area contributed by atoms with Crippen molar-refractivity contribution in [3.8, 4) is 0 Å². The van der Waals surface area contributed by atoms with Crippen LogP contribution in [-0.2, 0) is 4.79 Å². The van der Waals surface area contributed by atoms with Crippen molar-refractivity contribution in [3.05, 3.63) is 0 Å². The molecule has 2 amide bonds. The molecule has 6 nitrogen and oxygen atoms in total. The van der Waals surface area contributed by atoms with Crippen LogP contribution in [0.4, 0.5) is 4.79 Å². The minimum atomic E-state index is -0.997. The zero-order valence-electron chi connectivity index (χ0n) is 9.45. The van der Waals surface area contributed by atoms with Crippen molar-refractivity contribution >= 4 is 12.0 Å². The lowest BCUT2D eigenvalue weighted by molar-refractivity contribution is -0.139. The third-order valence-corrected chi connectivity index (χ3v) is 2.69. The Balaban J connectivity index is 2.31. The van der Waals surface area contributed by atoms with Crippen molar-refractivity contribution < 1.29 is 14.7 Å². The molecule has 0 saturated carbocycles. The maximum atomic E-state index is 11.5. The second-order valence-corrected chi connectivity index (χ2v) is 3.94. The molecular weight excluding hydrogens is 210 g/mol. The van der Waals surface area contributed by atoms with E-state index in [-0.39, 0.29) is 12.1 Å². The molecule has 0 aliphatic carbocycles. The molecule has 16 heavy (non-hydrogen) atoms. The van der Waals surface area contributed by atoms with Crippen LogP contribution in [0.2, 0.25) is 0 Å². The highest BCUT2D eigenvalue weighted by atomic mass is 16.4. The standard InChI is InChI=1S/C10H19N3O3/c1-2-8(9(14)15)13-10(16)12-7-3-5-11-6-4-7/h7-8,11H,2-6H2,1H3,(H,14,15)(H2,12,13,16)/t8-/m1/s1. The van der Waals surface area contributed by atoms with E-state index in [0.29, 0.717) is 6.42 Å². The molecule has 1 saturated heterocycles. The van der Waals surface area contributed by atoms with Crippen molar-refractivity contribution in [1.29, 1.82) is 0 Å². The van der Waals surface area contributed by atoms with E-state index in [1.807, 2.05) is 0 Å². The predicted octanol–water partition coefficient (Wildman–Crippen LogP) is -0.0992. The van der Waals surface area contributed by atoms with Crippen LogP contribution in [0.5, 0.6) is 0 Å². The Labute approximate surface area is 94.8 Å². The van der Waals surface area contributed by atoms with E-state index in [1.54, 1.807) is 6.92 Å². The number of carboxylic acid groups (broad SMARTS) is 1. The molecule has 0 radical (unpaired) electrons. The first-order chi connectivity index (χ1) is 7.63. The van der Waals surface area contributed by atoms with E-state index < -0.39 is 12.0 Å². The number of hydrogen-bond donors (Lipinski definition) is 4. The Hall–Kier alpha value is -1.30. The molecule has 6 heteroatoms. The predicted molar refractivity (Wildman–Crippen MR) is 59.3 cm³/mol. The van der Waals surface area contributed by atoms with E-state index in [0.717, 1.165) is 25.9 Å². The van der Waals surface area contributed by atoms with Crippen molar-refractivity contribution in [2.75, 3.05) is 13.1 Å². The van der Waals surface area contributed by atoms with E-state index in [9.17, 15) is 9.59 Å². The van der Waals surface area contributed by atoms with Crippen molar-refractivity contribution in [1.82, 2.24) is 16.0 Å². The normalized spacial score (nSPS) is 18.8. The summed E-state index contributed by atoms with van der Waals surface area (Å²) < 4.78 is 0. The van der Waals surface area contributed by atoms with Gasteiger partial charge in [-0.1, -0.05) is 6.92 Å². The SMILES string of the molecule is CC[C@@H](NC(=O)NC1CCNCC1)C(=O)O. The second-order valence-electron chi connectivity index (χ2n) is 3.94. The molecule has 0 spiro atoms. The molecule has 1 heterocycles. The molecule has 1 aliphatic heterocycles. The number of aliphatic carboxylic acids is 1. The molecule has 92 valence electrons.